The number of carbonyl (C=O) groups is 3. The molecule has 0 radical (unpaired) electrons. The van der Waals surface area contributed by atoms with Crippen LogP contribution in [0.25, 0.3) is 5.70 Å². The predicted octanol–water partition coefficient (Wildman–Crippen LogP) is 9.13. The van der Waals surface area contributed by atoms with Crippen molar-refractivity contribution in [2.45, 2.75) is 77.6 Å². The third-order valence-electron chi connectivity index (χ3n) is 9.96. The van der Waals surface area contributed by atoms with Gasteiger partial charge in [-0.05, 0) is 98.0 Å². The number of methoxy groups -OCH3 is 1. The number of esters is 1. The van der Waals surface area contributed by atoms with Crippen molar-refractivity contribution in [1.82, 2.24) is 4.90 Å². The summed E-state index contributed by atoms with van der Waals surface area (Å²) in [4.78, 5) is 37.6. The maximum Gasteiger partial charge on any atom is 0.308 e. The molecule has 3 aromatic carbocycles. The molecule has 3 aromatic rings. The molecule has 0 aromatic heterocycles. The molecule has 0 N–H and O–H groups in total. The zero-order valence-electron chi connectivity index (χ0n) is 28.7. The van der Waals surface area contributed by atoms with Crippen molar-refractivity contribution in [1.29, 1.82) is 0 Å². The first-order valence-electron chi connectivity index (χ1n) is 17.5. The molecule has 1 heterocycles. The van der Waals surface area contributed by atoms with E-state index in [0.29, 0.717) is 48.8 Å². The van der Waals surface area contributed by atoms with Gasteiger partial charge in [-0.25, -0.2) is 26.3 Å². The van der Waals surface area contributed by atoms with E-state index in [4.69, 9.17) is 4.74 Å². The monoisotopic (exact) mass is 713 g/mol. The molecule has 0 bridgehead atoms. The fourth-order valence-corrected chi connectivity index (χ4v) is 7.24. The van der Waals surface area contributed by atoms with Crippen molar-refractivity contribution in [3.05, 3.63) is 111 Å². The summed E-state index contributed by atoms with van der Waals surface area (Å²) in [5.41, 5.74) is 4.60. The van der Waals surface area contributed by atoms with Crippen molar-refractivity contribution in [3.63, 3.8) is 0 Å². The number of hydrogen-bond acceptors (Lipinski definition) is 5. The summed E-state index contributed by atoms with van der Waals surface area (Å²) < 4.78 is 83.0. The Kier molecular flexibility index (Phi) is 12.4. The number of allylic oxidation sites excluding steroid dienone is 1. The Labute approximate surface area is 293 Å². The highest BCUT2D eigenvalue weighted by atomic mass is 19.2. The van der Waals surface area contributed by atoms with E-state index in [9.17, 15) is 40.7 Å². The number of ketones is 2. The normalized spacial score (nSPS) is 17.5. The summed E-state index contributed by atoms with van der Waals surface area (Å²) in [6.07, 6.45) is 10.4. The molecule has 11 heteroatoms. The van der Waals surface area contributed by atoms with Gasteiger partial charge >= 0.3 is 5.97 Å². The molecule has 5 nitrogen and oxygen atoms in total. The minimum absolute atomic E-state index is 0.0936. The first-order chi connectivity index (χ1) is 24.4. The lowest BCUT2D eigenvalue weighted by Crippen LogP contribution is -2.22. The van der Waals surface area contributed by atoms with E-state index in [-0.39, 0.29) is 29.0 Å². The second kappa shape index (κ2) is 16.7. The largest absolute Gasteiger partial charge is 0.469 e. The van der Waals surface area contributed by atoms with Crippen molar-refractivity contribution in [2.24, 2.45) is 11.8 Å². The van der Waals surface area contributed by atoms with Gasteiger partial charge in [0, 0.05) is 47.8 Å². The van der Waals surface area contributed by atoms with E-state index in [2.05, 4.69) is 17.9 Å². The highest BCUT2D eigenvalue weighted by molar-refractivity contribution is 6.02. The number of hydrogen-bond donors (Lipinski definition) is 0. The standard InChI is InChI=1S/C18H22F2O3.C13H13F2N.C9H6F2O/c1-3-4-5-6-11(18(22)23-2)7-13-8-12-9-15(19)16(20)10-14(12)17(13)21;14-11-7-9-3-4-13(10(9)8-12(11)15)16-5-1-2-6-16;10-7-3-5-1-2-9(12)6(5)4-8(7)11/h9-11,13H,3-8H2,1-2H3;4,7-8H,1-3,5-6H2;3-4H,1-2H2. The fraction of sp³-hybridized carbons (Fsp3) is 0.425. The van der Waals surface area contributed by atoms with Crippen LogP contribution in [0.3, 0.4) is 0 Å². The van der Waals surface area contributed by atoms with Gasteiger partial charge in [-0.15, -0.1) is 0 Å². The topological polar surface area (TPSA) is 63.7 Å². The number of likely N-dealkylation sites (tertiary alicyclic amines) is 1. The smallest absolute Gasteiger partial charge is 0.308 e. The quantitative estimate of drug-likeness (QED) is 0.132. The van der Waals surface area contributed by atoms with Gasteiger partial charge in [-0.3, -0.25) is 14.4 Å². The van der Waals surface area contributed by atoms with E-state index in [1.54, 1.807) is 0 Å². The van der Waals surface area contributed by atoms with Crippen LogP contribution in [-0.2, 0) is 28.8 Å². The Morgan fingerprint density at radius 3 is 1.96 bits per heavy atom. The number of benzene rings is 3. The van der Waals surface area contributed by atoms with Gasteiger partial charge in [-0.2, -0.15) is 0 Å². The van der Waals surface area contributed by atoms with Gasteiger partial charge in [0.05, 0.1) is 13.0 Å². The molecule has 4 aliphatic rings. The molecular formula is C40H41F6NO4. The van der Waals surface area contributed by atoms with Crippen LogP contribution < -0.4 is 0 Å². The number of halogens is 6. The van der Waals surface area contributed by atoms with E-state index in [1.807, 2.05) is 0 Å². The molecule has 2 unspecified atom stereocenters. The summed E-state index contributed by atoms with van der Waals surface area (Å²) in [5, 5.41) is 0. The summed E-state index contributed by atoms with van der Waals surface area (Å²) in [7, 11) is 1.34. The molecule has 0 saturated carbocycles. The van der Waals surface area contributed by atoms with Gasteiger partial charge in [0.25, 0.3) is 0 Å². The molecular weight excluding hydrogens is 672 g/mol. The first-order valence-corrected chi connectivity index (χ1v) is 17.5. The van der Waals surface area contributed by atoms with Crippen LogP contribution in [0, 0.1) is 46.7 Å². The van der Waals surface area contributed by atoms with E-state index < -0.39 is 40.8 Å². The van der Waals surface area contributed by atoms with E-state index in [0.717, 1.165) is 79.9 Å². The minimum Gasteiger partial charge on any atom is -0.469 e. The number of carbonyl (C=O) groups excluding carboxylic acids is 3. The number of Topliss-reactive ketones (excluding diaryl/α,β-unsaturated/α-hetero) is 2. The molecule has 272 valence electrons. The van der Waals surface area contributed by atoms with Crippen LogP contribution in [0.15, 0.2) is 42.5 Å². The SMILES string of the molecule is CCCCCC(CC1Cc2cc(F)c(F)cc2C1=O)C(=O)OC.Fc1cc2c(cc1F)C(N1CCCC1)=CC2.O=C1CCc2cc(F)c(F)cc21. The molecule has 51 heavy (non-hydrogen) atoms. The predicted molar refractivity (Wildman–Crippen MR) is 180 cm³/mol. The zero-order valence-corrected chi connectivity index (χ0v) is 28.7. The van der Waals surface area contributed by atoms with Crippen molar-refractivity contribution >= 4 is 23.2 Å². The second-order valence-electron chi connectivity index (χ2n) is 13.4. The Balaban J connectivity index is 0.000000156. The molecule has 2 atom stereocenters. The third-order valence-corrected chi connectivity index (χ3v) is 9.96. The summed E-state index contributed by atoms with van der Waals surface area (Å²) >= 11 is 0. The maximum atomic E-state index is 13.3. The highest BCUT2D eigenvalue weighted by Gasteiger charge is 2.35. The number of rotatable bonds is 8. The summed E-state index contributed by atoms with van der Waals surface area (Å²) in [6, 6.07) is 6.81. The lowest BCUT2D eigenvalue weighted by Gasteiger charge is -2.20. The maximum absolute atomic E-state index is 13.3. The summed E-state index contributed by atoms with van der Waals surface area (Å²) in [5.74, 6) is -6.61. The van der Waals surface area contributed by atoms with Crippen LogP contribution >= 0.6 is 0 Å². The fourth-order valence-electron chi connectivity index (χ4n) is 7.24. The lowest BCUT2D eigenvalue weighted by atomic mass is 9.88. The number of aryl methyl sites for hydroxylation is 1. The Bertz CT molecular complexity index is 1830. The highest BCUT2D eigenvalue weighted by Crippen LogP contribution is 2.35. The van der Waals surface area contributed by atoms with Crippen LogP contribution in [0.4, 0.5) is 26.3 Å². The molecule has 0 spiro atoms. The van der Waals surface area contributed by atoms with Crippen LogP contribution in [-0.4, -0.2) is 42.6 Å². The summed E-state index contributed by atoms with van der Waals surface area (Å²) in [6.45, 7) is 4.14. The molecule has 3 aliphatic carbocycles. The number of fused-ring (bicyclic) bond motifs is 3. The Morgan fingerprint density at radius 2 is 1.33 bits per heavy atom. The molecule has 1 saturated heterocycles. The lowest BCUT2D eigenvalue weighted by molar-refractivity contribution is -0.146. The average Bonchev–Trinajstić information content (AvgIpc) is 3.91. The van der Waals surface area contributed by atoms with Gasteiger partial charge < -0.3 is 9.64 Å². The van der Waals surface area contributed by atoms with Gasteiger partial charge in [0.2, 0.25) is 0 Å². The Hall–Kier alpha value is -4.41. The molecule has 1 aliphatic heterocycles. The van der Waals surface area contributed by atoms with Gasteiger partial charge in [-0.1, -0.05) is 32.3 Å². The van der Waals surface area contributed by atoms with Gasteiger partial charge in [0.15, 0.2) is 46.5 Å². The second-order valence-corrected chi connectivity index (χ2v) is 13.4. The Morgan fingerprint density at radius 1 is 0.765 bits per heavy atom. The molecule has 0 amide bonds. The van der Waals surface area contributed by atoms with E-state index in [1.165, 1.54) is 32.1 Å². The van der Waals surface area contributed by atoms with Gasteiger partial charge in [0.1, 0.15) is 0 Å². The zero-order chi connectivity index (χ0) is 36.8. The molecule has 7 rings (SSSR count). The van der Waals surface area contributed by atoms with Crippen molar-refractivity contribution in [3.8, 4) is 0 Å². The van der Waals surface area contributed by atoms with Crippen LogP contribution in [0.2, 0.25) is 0 Å². The number of unbranched alkanes of at least 4 members (excludes halogenated alkanes) is 2. The van der Waals surface area contributed by atoms with E-state index >= 15 is 0 Å². The van der Waals surface area contributed by atoms with Crippen LogP contribution in [0.5, 0.6) is 0 Å². The average molecular weight is 714 g/mol. The van der Waals surface area contributed by atoms with Crippen molar-refractivity contribution in [2.75, 3.05) is 20.2 Å². The third kappa shape index (κ3) is 8.73. The first kappa shape index (κ1) is 37.8. The van der Waals surface area contributed by atoms with Crippen LogP contribution in [0.1, 0.15) is 101 Å². The van der Waals surface area contributed by atoms with Crippen molar-refractivity contribution < 1.29 is 45.5 Å². The minimum atomic E-state index is -1.01. The number of nitrogens with zero attached hydrogens (tertiary/aromatic N) is 1. The number of ether oxygens (including phenoxy) is 1. The molecule has 1 fully saturated rings.